The minimum absolute atomic E-state index is 0.0302. The van der Waals surface area contributed by atoms with Crippen LogP contribution in [0.5, 0.6) is 0 Å². The Morgan fingerprint density at radius 1 is 0.975 bits per heavy atom. The number of likely N-dealkylation sites (tertiary alicyclic amines) is 1. The molecule has 0 spiro atoms. The molecule has 6 nitrogen and oxygen atoms in total. The highest BCUT2D eigenvalue weighted by Crippen LogP contribution is 2.35. The SMILES string of the molecule is CCN1CCC(c2cc(-c3cccc(CC(F)(F)F)c3)c(-c3ccnc(N[C@@H](C)c4ccccc4)n3)nn2)CC1. The average molecular weight is 547 g/mol. The second kappa shape index (κ2) is 12.1. The third-order valence-corrected chi connectivity index (χ3v) is 7.45. The number of hydrogen-bond donors (Lipinski definition) is 1. The van der Waals surface area contributed by atoms with Gasteiger partial charge in [-0.15, -0.1) is 5.10 Å². The van der Waals surface area contributed by atoms with Crippen LogP contribution in [0.25, 0.3) is 22.5 Å². The summed E-state index contributed by atoms with van der Waals surface area (Å²) in [6.07, 6.45) is -1.69. The molecule has 208 valence electrons. The van der Waals surface area contributed by atoms with E-state index in [1.807, 2.05) is 49.4 Å². The van der Waals surface area contributed by atoms with Crippen molar-refractivity contribution in [1.82, 2.24) is 25.1 Å². The molecule has 1 N–H and O–H groups in total. The van der Waals surface area contributed by atoms with E-state index in [0.29, 0.717) is 28.5 Å². The monoisotopic (exact) mass is 546 g/mol. The fourth-order valence-corrected chi connectivity index (χ4v) is 5.22. The molecule has 2 aromatic heterocycles. The molecule has 0 aliphatic carbocycles. The highest BCUT2D eigenvalue weighted by atomic mass is 19.4. The summed E-state index contributed by atoms with van der Waals surface area (Å²) in [7, 11) is 0. The topological polar surface area (TPSA) is 66.8 Å². The maximum Gasteiger partial charge on any atom is 0.393 e. The number of anilines is 1. The molecule has 0 bridgehead atoms. The van der Waals surface area contributed by atoms with Crippen LogP contribution in [0.15, 0.2) is 72.9 Å². The molecule has 0 radical (unpaired) electrons. The van der Waals surface area contributed by atoms with E-state index in [1.165, 1.54) is 6.07 Å². The van der Waals surface area contributed by atoms with E-state index in [-0.39, 0.29) is 17.5 Å². The minimum Gasteiger partial charge on any atom is -0.348 e. The number of nitrogens with one attached hydrogen (secondary N) is 1. The highest BCUT2D eigenvalue weighted by Gasteiger charge is 2.28. The standard InChI is InChI=1S/C31H33F3N6/c1-3-40-16-13-24(14-17-40)28-19-26(25-11-7-8-22(18-25)20-31(32,33)34)29(39-38-28)27-12-15-35-30(37-27)36-21(2)23-9-5-4-6-10-23/h4-12,15,18-19,21,24H,3,13-14,16-17,20H2,1-2H3,(H,35,36,37)/t21-/m0/s1. The Balaban J connectivity index is 1.51. The first kappa shape index (κ1) is 27.7. The number of piperidine rings is 1. The predicted molar refractivity (Wildman–Crippen MR) is 151 cm³/mol. The summed E-state index contributed by atoms with van der Waals surface area (Å²) < 4.78 is 39.6. The van der Waals surface area contributed by atoms with Crippen LogP contribution in [0.4, 0.5) is 19.1 Å². The highest BCUT2D eigenvalue weighted by molar-refractivity contribution is 5.79. The fraction of sp³-hybridized carbons (Fsp3) is 0.355. The Labute approximate surface area is 232 Å². The van der Waals surface area contributed by atoms with Crippen LogP contribution in [0, 0.1) is 0 Å². The molecule has 0 amide bonds. The van der Waals surface area contributed by atoms with Crippen LogP contribution in [-0.4, -0.2) is 50.9 Å². The van der Waals surface area contributed by atoms with Gasteiger partial charge in [-0.25, -0.2) is 9.97 Å². The zero-order valence-electron chi connectivity index (χ0n) is 22.7. The Morgan fingerprint density at radius 3 is 2.48 bits per heavy atom. The molecule has 1 atom stereocenters. The molecule has 0 saturated carbocycles. The number of hydrogen-bond acceptors (Lipinski definition) is 6. The molecule has 1 aliphatic heterocycles. The lowest BCUT2D eigenvalue weighted by atomic mass is 9.91. The maximum absolute atomic E-state index is 13.2. The number of alkyl halides is 3. The van der Waals surface area contributed by atoms with Gasteiger partial charge in [0, 0.05) is 17.7 Å². The van der Waals surface area contributed by atoms with Crippen molar-refractivity contribution in [1.29, 1.82) is 0 Å². The van der Waals surface area contributed by atoms with E-state index in [0.717, 1.165) is 43.7 Å². The normalized spacial score (nSPS) is 15.6. The van der Waals surface area contributed by atoms with E-state index in [9.17, 15) is 13.2 Å². The van der Waals surface area contributed by atoms with Crippen LogP contribution < -0.4 is 5.32 Å². The Morgan fingerprint density at radius 2 is 1.75 bits per heavy atom. The first-order chi connectivity index (χ1) is 19.3. The summed E-state index contributed by atoms with van der Waals surface area (Å²) >= 11 is 0. The summed E-state index contributed by atoms with van der Waals surface area (Å²) in [4.78, 5) is 11.5. The van der Waals surface area contributed by atoms with Crippen molar-refractivity contribution in [2.24, 2.45) is 0 Å². The average Bonchev–Trinajstić information content (AvgIpc) is 2.97. The Hall–Kier alpha value is -3.85. The number of aromatic nitrogens is 4. The Kier molecular flexibility index (Phi) is 8.40. The molecule has 4 aromatic rings. The van der Waals surface area contributed by atoms with Crippen molar-refractivity contribution in [2.45, 2.75) is 51.2 Å². The summed E-state index contributed by atoms with van der Waals surface area (Å²) in [5, 5.41) is 12.6. The van der Waals surface area contributed by atoms with Crippen LogP contribution in [0.1, 0.15) is 55.5 Å². The maximum atomic E-state index is 13.2. The van der Waals surface area contributed by atoms with E-state index in [4.69, 9.17) is 4.98 Å². The molecule has 1 saturated heterocycles. The van der Waals surface area contributed by atoms with E-state index >= 15 is 0 Å². The second-order valence-electron chi connectivity index (χ2n) is 10.3. The summed E-state index contributed by atoms with van der Waals surface area (Å²) in [6, 6.07) is 20.3. The van der Waals surface area contributed by atoms with Crippen molar-refractivity contribution < 1.29 is 13.2 Å². The van der Waals surface area contributed by atoms with E-state index in [2.05, 4.69) is 32.3 Å². The smallest absolute Gasteiger partial charge is 0.348 e. The van der Waals surface area contributed by atoms with Gasteiger partial charge in [-0.2, -0.15) is 18.3 Å². The number of benzene rings is 2. The van der Waals surface area contributed by atoms with Gasteiger partial charge < -0.3 is 10.2 Å². The van der Waals surface area contributed by atoms with E-state index < -0.39 is 12.6 Å². The summed E-state index contributed by atoms with van der Waals surface area (Å²) in [6.45, 7) is 7.18. The van der Waals surface area contributed by atoms with Crippen molar-refractivity contribution in [3.8, 4) is 22.5 Å². The van der Waals surface area contributed by atoms with Gasteiger partial charge in [0.05, 0.1) is 23.9 Å². The van der Waals surface area contributed by atoms with Crippen LogP contribution >= 0.6 is 0 Å². The molecule has 5 rings (SSSR count). The first-order valence-electron chi connectivity index (χ1n) is 13.7. The third kappa shape index (κ3) is 6.83. The molecule has 40 heavy (non-hydrogen) atoms. The molecule has 3 heterocycles. The van der Waals surface area contributed by atoms with Gasteiger partial charge in [-0.3, -0.25) is 0 Å². The van der Waals surface area contributed by atoms with Crippen molar-refractivity contribution >= 4 is 5.95 Å². The number of rotatable bonds is 8. The van der Waals surface area contributed by atoms with Gasteiger partial charge in [0.1, 0.15) is 5.69 Å². The lowest BCUT2D eigenvalue weighted by molar-refractivity contribution is -0.127. The first-order valence-corrected chi connectivity index (χ1v) is 13.7. The predicted octanol–water partition coefficient (Wildman–Crippen LogP) is 7.08. The number of halogens is 3. The Bertz CT molecular complexity index is 1420. The molecule has 1 aliphatic rings. The zero-order valence-corrected chi connectivity index (χ0v) is 22.7. The third-order valence-electron chi connectivity index (χ3n) is 7.45. The molecular formula is C31H33F3N6. The zero-order chi connectivity index (χ0) is 28.1. The van der Waals surface area contributed by atoms with Crippen molar-refractivity contribution in [2.75, 3.05) is 25.0 Å². The molecule has 2 aromatic carbocycles. The summed E-state index contributed by atoms with van der Waals surface area (Å²) in [5.41, 5.74) is 4.59. The summed E-state index contributed by atoms with van der Waals surface area (Å²) in [5.74, 6) is 0.680. The van der Waals surface area contributed by atoms with Gasteiger partial charge in [0.2, 0.25) is 5.95 Å². The molecule has 0 unspecified atom stereocenters. The second-order valence-corrected chi connectivity index (χ2v) is 10.3. The lowest BCUT2D eigenvalue weighted by Crippen LogP contribution is -2.32. The molecule has 9 heteroatoms. The largest absolute Gasteiger partial charge is 0.393 e. The molecular weight excluding hydrogens is 513 g/mol. The van der Waals surface area contributed by atoms with Gasteiger partial charge in [0.15, 0.2) is 0 Å². The minimum atomic E-state index is -4.29. The lowest BCUT2D eigenvalue weighted by Gasteiger charge is -2.30. The van der Waals surface area contributed by atoms with Crippen LogP contribution in [-0.2, 0) is 6.42 Å². The molecule has 1 fully saturated rings. The van der Waals surface area contributed by atoms with Crippen molar-refractivity contribution in [3.05, 3.63) is 89.7 Å². The quantitative estimate of drug-likeness (QED) is 0.255. The van der Waals surface area contributed by atoms with Crippen molar-refractivity contribution in [3.63, 3.8) is 0 Å². The fourth-order valence-electron chi connectivity index (χ4n) is 5.22. The number of nitrogens with zero attached hydrogens (tertiary/aromatic N) is 5. The van der Waals surface area contributed by atoms with Crippen LogP contribution in [0.3, 0.4) is 0 Å². The van der Waals surface area contributed by atoms with Gasteiger partial charge in [0.25, 0.3) is 0 Å². The van der Waals surface area contributed by atoms with Gasteiger partial charge in [-0.1, -0.05) is 61.5 Å². The van der Waals surface area contributed by atoms with Gasteiger partial charge in [-0.05, 0) is 68.2 Å². The van der Waals surface area contributed by atoms with Crippen LogP contribution in [0.2, 0.25) is 0 Å². The van der Waals surface area contributed by atoms with Gasteiger partial charge >= 0.3 is 6.18 Å². The van der Waals surface area contributed by atoms with E-state index in [1.54, 1.807) is 24.4 Å².